The molecule has 2 unspecified atom stereocenters. The lowest BCUT2D eigenvalue weighted by atomic mass is 10.0. The van der Waals surface area contributed by atoms with Crippen LogP contribution in [0.4, 0.5) is 10.6 Å². The zero-order valence-electron chi connectivity index (χ0n) is 15.4. The first-order valence-corrected chi connectivity index (χ1v) is 9.38. The molecule has 0 radical (unpaired) electrons. The summed E-state index contributed by atoms with van der Waals surface area (Å²) in [7, 11) is 1.64. The van der Waals surface area contributed by atoms with Gasteiger partial charge < -0.3 is 14.8 Å². The van der Waals surface area contributed by atoms with Crippen LogP contribution in [-0.4, -0.2) is 53.3 Å². The van der Waals surface area contributed by atoms with E-state index in [1.165, 1.54) is 0 Å². The van der Waals surface area contributed by atoms with Crippen LogP contribution in [-0.2, 0) is 14.3 Å². The Balaban J connectivity index is 1.78. The number of amides is 2. The molecular formula is C18H24BrN3O4. The first kappa shape index (κ1) is 19.1. The summed E-state index contributed by atoms with van der Waals surface area (Å²) in [5, 5.41) is 2.80. The smallest absolute Gasteiger partial charge is 0.411 e. The number of ether oxygens (including phenoxy) is 2. The normalized spacial score (nSPS) is 27.0. The fourth-order valence-corrected chi connectivity index (χ4v) is 3.96. The van der Waals surface area contributed by atoms with Crippen molar-refractivity contribution in [2.24, 2.45) is 5.41 Å². The molecule has 1 aromatic heterocycles. The molecule has 1 N–H and O–H groups in total. The van der Waals surface area contributed by atoms with Crippen molar-refractivity contribution in [2.45, 2.75) is 51.3 Å². The Labute approximate surface area is 161 Å². The van der Waals surface area contributed by atoms with Crippen LogP contribution < -0.4 is 5.32 Å². The maximum atomic E-state index is 12.9. The summed E-state index contributed by atoms with van der Waals surface area (Å²) in [6.07, 6.45) is 0.934. The molecule has 1 aromatic rings. The molecule has 1 saturated heterocycles. The molecule has 2 fully saturated rings. The van der Waals surface area contributed by atoms with Crippen molar-refractivity contribution in [1.82, 2.24) is 9.88 Å². The van der Waals surface area contributed by atoms with Crippen LogP contribution >= 0.6 is 15.9 Å². The number of carbonyl (C=O) groups is 2. The molecule has 3 atom stereocenters. The third-order valence-electron chi connectivity index (χ3n) is 4.72. The van der Waals surface area contributed by atoms with E-state index in [0.29, 0.717) is 23.4 Å². The molecule has 2 amide bonds. The second-order valence-electron chi connectivity index (χ2n) is 7.96. The maximum Gasteiger partial charge on any atom is 0.411 e. The van der Waals surface area contributed by atoms with Gasteiger partial charge >= 0.3 is 6.09 Å². The number of aromatic nitrogens is 1. The standard InChI is InChI=1S/C18H24BrN3O4/c1-17(2,3)26-16(24)22-11(8-18(10-25-4)9-12(18)22)15(23)21-14-7-5-6-13(19)20-14/h5-7,11-12H,8-10H2,1-4H3,(H,20,21,23)/t11-,12?,18?/m0/s1. The van der Waals surface area contributed by atoms with Crippen molar-refractivity contribution in [3.05, 3.63) is 22.8 Å². The van der Waals surface area contributed by atoms with E-state index >= 15 is 0 Å². The van der Waals surface area contributed by atoms with Gasteiger partial charge in [0.25, 0.3) is 0 Å². The Morgan fingerprint density at radius 3 is 2.73 bits per heavy atom. The Morgan fingerprint density at radius 1 is 1.38 bits per heavy atom. The summed E-state index contributed by atoms with van der Waals surface area (Å²) >= 11 is 3.29. The number of hydrogen-bond acceptors (Lipinski definition) is 5. The third kappa shape index (κ3) is 3.86. The number of methoxy groups -OCH3 is 1. The first-order chi connectivity index (χ1) is 12.1. The minimum absolute atomic E-state index is 0.0245. The van der Waals surface area contributed by atoms with E-state index in [1.54, 1.807) is 30.2 Å². The average molecular weight is 426 g/mol. The zero-order valence-corrected chi connectivity index (χ0v) is 17.0. The summed E-state index contributed by atoms with van der Waals surface area (Å²) in [5.41, 5.74) is -0.774. The summed E-state index contributed by atoms with van der Waals surface area (Å²) in [4.78, 5) is 31.4. The van der Waals surface area contributed by atoms with Gasteiger partial charge in [0.1, 0.15) is 22.1 Å². The van der Waals surface area contributed by atoms with Crippen molar-refractivity contribution in [3.63, 3.8) is 0 Å². The summed E-state index contributed by atoms with van der Waals surface area (Å²) < 4.78 is 11.5. The molecule has 2 aliphatic rings. The highest BCUT2D eigenvalue weighted by molar-refractivity contribution is 9.10. The van der Waals surface area contributed by atoms with E-state index in [9.17, 15) is 9.59 Å². The number of pyridine rings is 1. The highest BCUT2D eigenvalue weighted by Crippen LogP contribution is 2.60. The number of halogens is 1. The lowest BCUT2D eigenvalue weighted by Crippen LogP contribution is -2.47. The Bertz CT molecular complexity index is 721. The molecule has 7 nitrogen and oxygen atoms in total. The molecule has 142 valence electrons. The topological polar surface area (TPSA) is 80.8 Å². The lowest BCUT2D eigenvalue weighted by molar-refractivity contribution is -0.121. The molecule has 0 aromatic carbocycles. The monoisotopic (exact) mass is 425 g/mol. The van der Waals surface area contributed by atoms with Crippen molar-refractivity contribution < 1.29 is 19.1 Å². The van der Waals surface area contributed by atoms with Gasteiger partial charge in [-0.2, -0.15) is 0 Å². The van der Waals surface area contributed by atoms with Crippen molar-refractivity contribution in [3.8, 4) is 0 Å². The SMILES string of the molecule is COCC12CC1N(C(=O)OC(C)(C)C)[C@H](C(=O)Nc1cccc(Br)n1)C2. The van der Waals surface area contributed by atoms with E-state index in [4.69, 9.17) is 9.47 Å². The quantitative estimate of drug-likeness (QED) is 0.748. The summed E-state index contributed by atoms with van der Waals surface area (Å²) in [6, 6.07) is 4.65. The predicted molar refractivity (Wildman–Crippen MR) is 99.8 cm³/mol. The van der Waals surface area contributed by atoms with Gasteiger partial charge in [-0.25, -0.2) is 9.78 Å². The number of nitrogens with one attached hydrogen (secondary N) is 1. The second-order valence-corrected chi connectivity index (χ2v) is 8.77. The van der Waals surface area contributed by atoms with Crippen molar-refractivity contribution >= 4 is 33.7 Å². The Morgan fingerprint density at radius 2 is 2.12 bits per heavy atom. The third-order valence-corrected chi connectivity index (χ3v) is 5.16. The van der Waals surface area contributed by atoms with E-state index < -0.39 is 17.7 Å². The molecule has 8 heteroatoms. The Kier molecular flexibility index (Phi) is 5.00. The Hall–Kier alpha value is -1.67. The van der Waals surface area contributed by atoms with Gasteiger partial charge in [0.15, 0.2) is 0 Å². The number of piperidine rings is 1. The van der Waals surface area contributed by atoms with Crippen LogP contribution in [0.2, 0.25) is 0 Å². The largest absolute Gasteiger partial charge is 0.444 e. The van der Waals surface area contributed by atoms with Crippen molar-refractivity contribution in [1.29, 1.82) is 0 Å². The van der Waals surface area contributed by atoms with Gasteiger partial charge in [-0.3, -0.25) is 9.69 Å². The average Bonchev–Trinajstić information content (AvgIpc) is 3.09. The molecule has 26 heavy (non-hydrogen) atoms. The maximum absolute atomic E-state index is 12.9. The molecular weight excluding hydrogens is 402 g/mol. The van der Waals surface area contributed by atoms with Gasteiger partial charge in [-0.1, -0.05) is 6.07 Å². The van der Waals surface area contributed by atoms with Gasteiger partial charge in [0.05, 0.1) is 6.61 Å². The molecule has 1 saturated carbocycles. The van der Waals surface area contributed by atoms with Gasteiger partial charge in [-0.15, -0.1) is 0 Å². The highest BCUT2D eigenvalue weighted by atomic mass is 79.9. The lowest BCUT2D eigenvalue weighted by Gasteiger charge is -2.29. The van der Waals surface area contributed by atoms with Crippen LogP contribution in [0.25, 0.3) is 0 Å². The minimum atomic E-state index is -0.620. The number of fused-ring (bicyclic) bond motifs is 1. The minimum Gasteiger partial charge on any atom is -0.444 e. The molecule has 1 aliphatic heterocycles. The molecule has 0 spiro atoms. The van der Waals surface area contributed by atoms with E-state index in [0.717, 1.165) is 6.42 Å². The van der Waals surface area contributed by atoms with Crippen LogP contribution in [0.1, 0.15) is 33.6 Å². The second kappa shape index (κ2) is 6.81. The molecule has 2 heterocycles. The number of anilines is 1. The number of hydrogen-bond donors (Lipinski definition) is 1. The fourth-order valence-electron chi connectivity index (χ4n) is 3.62. The predicted octanol–water partition coefficient (Wildman–Crippen LogP) is 3.20. The van der Waals surface area contributed by atoms with Crippen LogP contribution in [0.3, 0.4) is 0 Å². The molecule has 1 aliphatic carbocycles. The highest BCUT2D eigenvalue weighted by Gasteiger charge is 2.68. The molecule has 3 rings (SSSR count). The van der Waals surface area contributed by atoms with E-state index in [1.807, 2.05) is 20.8 Å². The number of carbonyl (C=O) groups excluding carboxylic acids is 2. The summed E-state index contributed by atoms with van der Waals surface area (Å²) in [6.45, 7) is 5.97. The van der Waals surface area contributed by atoms with Crippen molar-refractivity contribution in [2.75, 3.05) is 19.0 Å². The number of likely N-dealkylation sites (tertiary alicyclic amines) is 1. The summed E-state index contributed by atoms with van der Waals surface area (Å²) in [5.74, 6) is 0.180. The van der Waals surface area contributed by atoms with Gasteiger partial charge in [-0.05, 0) is 61.7 Å². The van der Waals surface area contributed by atoms with Crippen LogP contribution in [0.15, 0.2) is 22.8 Å². The fraction of sp³-hybridized carbons (Fsp3) is 0.611. The van der Waals surface area contributed by atoms with Crippen LogP contribution in [0.5, 0.6) is 0 Å². The zero-order chi connectivity index (χ0) is 19.1. The van der Waals surface area contributed by atoms with Crippen LogP contribution in [0, 0.1) is 5.41 Å². The number of rotatable bonds is 4. The first-order valence-electron chi connectivity index (χ1n) is 8.59. The van der Waals surface area contributed by atoms with Gasteiger partial charge in [0.2, 0.25) is 5.91 Å². The van der Waals surface area contributed by atoms with E-state index in [2.05, 4.69) is 26.2 Å². The van der Waals surface area contributed by atoms with Gasteiger partial charge in [0, 0.05) is 18.6 Å². The van der Waals surface area contributed by atoms with E-state index in [-0.39, 0.29) is 17.4 Å². The number of nitrogens with zero attached hydrogens (tertiary/aromatic N) is 2. The molecule has 0 bridgehead atoms.